The number of nitro groups is 1. The third-order valence-corrected chi connectivity index (χ3v) is 1.36. The lowest BCUT2D eigenvalue weighted by molar-refractivity contribution is -0.385. The molecule has 11 heavy (non-hydrogen) atoms. The normalized spacial score (nSPS) is 9.55. The molecule has 0 saturated carbocycles. The zero-order valence-electron chi connectivity index (χ0n) is 5.81. The fraction of sp³-hybridized carbons (Fsp3) is 0.167. The van der Waals surface area contributed by atoms with Gasteiger partial charge in [0.1, 0.15) is 11.9 Å². The van der Waals surface area contributed by atoms with E-state index < -0.39 is 4.92 Å². The van der Waals surface area contributed by atoms with Gasteiger partial charge in [-0.05, 0) is 6.92 Å². The van der Waals surface area contributed by atoms with E-state index in [2.05, 4.69) is 4.98 Å². The van der Waals surface area contributed by atoms with Crippen LogP contribution in [0.2, 0.25) is 0 Å². The fourth-order valence-corrected chi connectivity index (χ4v) is 0.687. The molecule has 0 atom stereocenters. The minimum absolute atomic E-state index is 0.154. The second-order valence-corrected chi connectivity index (χ2v) is 2.06. The van der Waals surface area contributed by atoms with Gasteiger partial charge in [0, 0.05) is 0 Å². The van der Waals surface area contributed by atoms with Crippen molar-refractivity contribution in [3.05, 3.63) is 28.1 Å². The maximum absolute atomic E-state index is 10.2. The summed E-state index contributed by atoms with van der Waals surface area (Å²) >= 11 is 0. The Hall–Kier alpha value is -1.65. The fourth-order valence-electron chi connectivity index (χ4n) is 0.687. The molecule has 0 aliphatic rings. The summed E-state index contributed by atoms with van der Waals surface area (Å²) in [6.45, 7) is 1.47. The quantitative estimate of drug-likeness (QED) is 0.483. The van der Waals surface area contributed by atoms with Crippen LogP contribution in [0.3, 0.4) is 0 Å². The van der Waals surface area contributed by atoms with Crippen LogP contribution in [0.25, 0.3) is 0 Å². The van der Waals surface area contributed by atoms with Gasteiger partial charge in [-0.3, -0.25) is 15.1 Å². The van der Waals surface area contributed by atoms with Crippen LogP contribution in [-0.2, 0) is 0 Å². The SMILES string of the molecule is Cc1c(O)cncc1[N+](=O)[O-]. The molecule has 0 aromatic carbocycles. The Balaban J connectivity index is 3.27. The molecule has 5 heteroatoms. The monoisotopic (exact) mass is 154 g/mol. The van der Waals surface area contributed by atoms with Crippen molar-refractivity contribution in [1.82, 2.24) is 4.98 Å². The summed E-state index contributed by atoms with van der Waals surface area (Å²) in [5.41, 5.74) is 0.0787. The highest BCUT2D eigenvalue weighted by atomic mass is 16.6. The largest absolute Gasteiger partial charge is 0.506 e. The Labute approximate surface area is 62.5 Å². The molecule has 0 radical (unpaired) electrons. The summed E-state index contributed by atoms with van der Waals surface area (Å²) in [7, 11) is 0. The number of hydrogen-bond acceptors (Lipinski definition) is 4. The molecule has 0 spiro atoms. The van der Waals surface area contributed by atoms with Gasteiger partial charge in [-0.1, -0.05) is 0 Å². The summed E-state index contributed by atoms with van der Waals surface area (Å²) in [5.74, 6) is -0.154. The van der Waals surface area contributed by atoms with Crippen LogP contribution in [0.5, 0.6) is 5.75 Å². The summed E-state index contributed by atoms with van der Waals surface area (Å²) in [4.78, 5) is 13.1. The molecule has 1 aromatic heterocycles. The van der Waals surface area contributed by atoms with Crippen molar-refractivity contribution in [2.45, 2.75) is 6.92 Å². The van der Waals surface area contributed by atoms with E-state index in [0.717, 1.165) is 6.20 Å². The molecule has 0 aliphatic carbocycles. The Morgan fingerprint density at radius 3 is 2.73 bits per heavy atom. The molecule has 58 valence electrons. The van der Waals surface area contributed by atoms with Gasteiger partial charge in [0.2, 0.25) is 0 Å². The highest BCUT2D eigenvalue weighted by molar-refractivity contribution is 5.44. The zero-order chi connectivity index (χ0) is 8.43. The van der Waals surface area contributed by atoms with Crippen LogP contribution in [0, 0.1) is 17.0 Å². The Bertz CT molecular complexity index is 298. The third kappa shape index (κ3) is 1.26. The highest BCUT2D eigenvalue weighted by Crippen LogP contribution is 2.23. The van der Waals surface area contributed by atoms with Crippen molar-refractivity contribution >= 4 is 5.69 Å². The minimum Gasteiger partial charge on any atom is -0.506 e. The summed E-state index contributed by atoms with van der Waals surface area (Å²) in [6, 6.07) is 0. The van der Waals surface area contributed by atoms with Gasteiger partial charge < -0.3 is 5.11 Å². The van der Waals surface area contributed by atoms with E-state index in [1.807, 2.05) is 0 Å². The van der Waals surface area contributed by atoms with E-state index in [9.17, 15) is 10.1 Å². The predicted octanol–water partition coefficient (Wildman–Crippen LogP) is 1.00. The highest BCUT2D eigenvalue weighted by Gasteiger charge is 2.12. The Morgan fingerprint density at radius 2 is 2.27 bits per heavy atom. The second-order valence-electron chi connectivity index (χ2n) is 2.06. The number of pyridine rings is 1. The Morgan fingerprint density at radius 1 is 1.64 bits per heavy atom. The molecule has 1 aromatic rings. The zero-order valence-corrected chi connectivity index (χ0v) is 5.81. The number of nitrogens with zero attached hydrogens (tertiary/aromatic N) is 2. The van der Waals surface area contributed by atoms with E-state index in [1.54, 1.807) is 0 Å². The van der Waals surface area contributed by atoms with Crippen molar-refractivity contribution in [2.75, 3.05) is 0 Å². The van der Waals surface area contributed by atoms with Gasteiger partial charge >= 0.3 is 0 Å². The van der Waals surface area contributed by atoms with Crippen LogP contribution in [-0.4, -0.2) is 15.0 Å². The van der Waals surface area contributed by atoms with E-state index >= 15 is 0 Å². The van der Waals surface area contributed by atoms with Crippen molar-refractivity contribution in [1.29, 1.82) is 0 Å². The van der Waals surface area contributed by atoms with Crippen molar-refractivity contribution in [3.63, 3.8) is 0 Å². The lowest BCUT2D eigenvalue weighted by atomic mass is 10.2. The molecule has 0 fully saturated rings. The van der Waals surface area contributed by atoms with Gasteiger partial charge in [0.05, 0.1) is 16.7 Å². The van der Waals surface area contributed by atoms with Gasteiger partial charge in [-0.15, -0.1) is 0 Å². The van der Waals surface area contributed by atoms with Crippen LogP contribution >= 0.6 is 0 Å². The van der Waals surface area contributed by atoms with Gasteiger partial charge in [0.25, 0.3) is 5.69 Å². The van der Waals surface area contributed by atoms with Crippen LogP contribution in [0.1, 0.15) is 5.56 Å². The van der Waals surface area contributed by atoms with Crippen molar-refractivity contribution < 1.29 is 10.0 Å². The average Bonchev–Trinajstić information content (AvgIpc) is 1.94. The van der Waals surface area contributed by atoms with Gasteiger partial charge in [-0.2, -0.15) is 0 Å². The third-order valence-electron chi connectivity index (χ3n) is 1.36. The van der Waals surface area contributed by atoms with Gasteiger partial charge in [0.15, 0.2) is 0 Å². The van der Waals surface area contributed by atoms with E-state index in [1.165, 1.54) is 13.1 Å². The summed E-state index contributed by atoms with van der Waals surface area (Å²) in [6.07, 6.45) is 2.28. The van der Waals surface area contributed by atoms with E-state index in [4.69, 9.17) is 5.11 Å². The standard InChI is InChI=1S/C6H6N2O3/c1-4-5(8(10)11)2-7-3-6(4)9/h2-3,9H,1H3. The minimum atomic E-state index is -0.581. The number of rotatable bonds is 1. The molecule has 5 nitrogen and oxygen atoms in total. The van der Waals surface area contributed by atoms with Gasteiger partial charge in [-0.25, -0.2) is 0 Å². The Kier molecular flexibility index (Phi) is 1.72. The smallest absolute Gasteiger partial charge is 0.294 e. The lowest BCUT2D eigenvalue weighted by Crippen LogP contribution is -1.92. The molecule has 0 bridgehead atoms. The van der Waals surface area contributed by atoms with E-state index in [0.29, 0.717) is 0 Å². The lowest BCUT2D eigenvalue weighted by Gasteiger charge is -1.96. The van der Waals surface area contributed by atoms with Crippen LogP contribution < -0.4 is 0 Å². The molecule has 1 N–H and O–H groups in total. The van der Waals surface area contributed by atoms with Crippen LogP contribution in [0.4, 0.5) is 5.69 Å². The maximum Gasteiger partial charge on any atom is 0.294 e. The molecule has 0 unspecified atom stereocenters. The van der Waals surface area contributed by atoms with Crippen LogP contribution in [0.15, 0.2) is 12.4 Å². The molecule has 0 amide bonds. The molecule has 1 heterocycles. The predicted molar refractivity (Wildman–Crippen MR) is 37.3 cm³/mol. The number of hydrogen-bond donors (Lipinski definition) is 1. The molecule has 0 aliphatic heterocycles. The molecular formula is C6H6N2O3. The first-order valence-corrected chi connectivity index (χ1v) is 2.91. The van der Waals surface area contributed by atoms with Crippen molar-refractivity contribution in [2.24, 2.45) is 0 Å². The molecular weight excluding hydrogens is 148 g/mol. The average molecular weight is 154 g/mol. The second kappa shape index (κ2) is 2.53. The van der Waals surface area contributed by atoms with E-state index in [-0.39, 0.29) is 17.0 Å². The molecule has 0 saturated heterocycles. The first-order valence-electron chi connectivity index (χ1n) is 2.91. The first kappa shape index (κ1) is 7.46. The first-order chi connectivity index (χ1) is 5.13. The summed E-state index contributed by atoms with van der Waals surface area (Å²) < 4.78 is 0. The number of aromatic hydroxyl groups is 1. The summed E-state index contributed by atoms with van der Waals surface area (Å²) in [5, 5.41) is 19.2. The number of aromatic nitrogens is 1. The topological polar surface area (TPSA) is 76.3 Å². The molecule has 1 rings (SSSR count). The maximum atomic E-state index is 10.2. The van der Waals surface area contributed by atoms with Crippen molar-refractivity contribution in [3.8, 4) is 5.75 Å².